The molecular formula is C8H17N5. The van der Waals surface area contributed by atoms with Gasteiger partial charge in [-0.15, -0.1) is 0 Å². The molecule has 1 aromatic heterocycles. The van der Waals surface area contributed by atoms with E-state index in [9.17, 15) is 0 Å². The van der Waals surface area contributed by atoms with Gasteiger partial charge in [0.05, 0.1) is 6.04 Å². The Morgan fingerprint density at radius 1 is 1.54 bits per heavy atom. The largest absolute Gasteiger partial charge is 0.328 e. The van der Waals surface area contributed by atoms with E-state index in [1.165, 1.54) is 0 Å². The van der Waals surface area contributed by atoms with Crippen molar-refractivity contribution in [3.63, 3.8) is 0 Å². The third-order valence-corrected chi connectivity index (χ3v) is 2.05. The molecule has 74 valence electrons. The van der Waals surface area contributed by atoms with Crippen molar-refractivity contribution in [2.75, 3.05) is 20.6 Å². The van der Waals surface area contributed by atoms with Gasteiger partial charge in [-0.25, -0.2) is 4.98 Å². The standard InChI is InChI=1S/C8H17N5/c1-6-10-8(13(4)11-6)7(5-9)12(2)3/h7H,5,9H2,1-4H3. The molecule has 5 nitrogen and oxygen atoms in total. The van der Waals surface area contributed by atoms with Crippen molar-refractivity contribution in [2.45, 2.75) is 13.0 Å². The molecule has 0 saturated heterocycles. The van der Waals surface area contributed by atoms with Gasteiger partial charge in [0.2, 0.25) is 0 Å². The molecular weight excluding hydrogens is 166 g/mol. The minimum Gasteiger partial charge on any atom is -0.328 e. The highest BCUT2D eigenvalue weighted by Crippen LogP contribution is 2.13. The van der Waals surface area contributed by atoms with E-state index >= 15 is 0 Å². The van der Waals surface area contributed by atoms with Crippen LogP contribution in [0.2, 0.25) is 0 Å². The summed E-state index contributed by atoms with van der Waals surface area (Å²) in [5.41, 5.74) is 5.66. The minimum atomic E-state index is 0.145. The van der Waals surface area contributed by atoms with Crippen LogP contribution in [-0.4, -0.2) is 40.3 Å². The van der Waals surface area contributed by atoms with Gasteiger partial charge in [-0.3, -0.25) is 9.58 Å². The molecule has 1 unspecified atom stereocenters. The second-order valence-corrected chi connectivity index (χ2v) is 3.36. The Morgan fingerprint density at radius 3 is 2.46 bits per heavy atom. The van der Waals surface area contributed by atoms with Crippen LogP contribution in [0.1, 0.15) is 17.7 Å². The topological polar surface area (TPSA) is 60.0 Å². The van der Waals surface area contributed by atoms with E-state index in [2.05, 4.69) is 10.1 Å². The van der Waals surface area contributed by atoms with Crippen LogP contribution >= 0.6 is 0 Å². The Kier molecular flexibility index (Phi) is 3.00. The molecule has 0 spiro atoms. The number of likely N-dealkylation sites (N-methyl/N-ethyl adjacent to an activating group) is 1. The molecule has 0 saturated carbocycles. The summed E-state index contributed by atoms with van der Waals surface area (Å²) in [6.07, 6.45) is 0. The van der Waals surface area contributed by atoms with E-state index in [1.54, 1.807) is 4.68 Å². The highest BCUT2D eigenvalue weighted by molar-refractivity contribution is 4.98. The number of hydrogen-bond acceptors (Lipinski definition) is 4. The molecule has 13 heavy (non-hydrogen) atoms. The summed E-state index contributed by atoms with van der Waals surface area (Å²) in [7, 11) is 5.87. The lowest BCUT2D eigenvalue weighted by atomic mass is 10.2. The summed E-state index contributed by atoms with van der Waals surface area (Å²) in [6, 6.07) is 0.145. The molecule has 1 aromatic rings. The van der Waals surface area contributed by atoms with Crippen LogP contribution in [0.15, 0.2) is 0 Å². The third kappa shape index (κ3) is 2.05. The average Bonchev–Trinajstić information content (AvgIpc) is 2.31. The van der Waals surface area contributed by atoms with Crippen molar-refractivity contribution in [1.82, 2.24) is 19.7 Å². The first kappa shape index (κ1) is 10.1. The maximum Gasteiger partial charge on any atom is 0.147 e. The molecule has 0 aliphatic rings. The van der Waals surface area contributed by atoms with Gasteiger partial charge in [0.25, 0.3) is 0 Å². The highest BCUT2D eigenvalue weighted by Gasteiger charge is 2.17. The van der Waals surface area contributed by atoms with Crippen LogP contribution in [0.3, 0.4) is 0 Å². The number of nitrogens with zero attached hydrogens (tertiary/aromatic N) is 4. The van der Waals surface area contributed by atoms with Gasteiger partial charge < -0.3 is 5.73 Å². The first-order valence-electron chi connectivity index (χ1n) is 4.30. The highest BCUT2D eigenvalue weighted by atomic mass is 15.4. The van der Waals surface area contributed by atoms with Crippen LogP contribution in [0.25, 0.3) is 0 Å². The molecule has 0 radical (unpaired) electrons. The Morgan fingerprint density at radius 2 is 2.15 bits per heavy atom. The van der Waals surface area contributed by atoms with Gasteiger partial charge in [-0.2, -0.15) is 5.10 Å². The van der Waals surface area contributed by atoms with E-state index in [0.29, 0.717) is 6.54 Å². The Hall–Kier alpha value is -0.940. The number of nitrogens with two attached hydrogens (primary N) is 1. The SMILES string of the molecule is Cc1nc(C(CN)N(C)C)n(C)n1. The normalized spacial score (nSPS) is 13.7. The van der Waals surface area contributed by atoms with Crippen molar-refractivity contribution >= 4 is 0 Å². The van der Waals surface area contributed by atoms with Gasteiger partial charge in [-0.1, -0.05) is 0 Å². The Labute approximate surface area is 78.5 Å². The predicted molar refractivity (Wildman–Crippen MR) is 51.2 cm³/mol. The molecule has 0 aliphatic heterocycles. The fraction of sp³-hybridized carbons (Fsp3) is 0.750. The monoisotopic (exact) mass is 183 g/mol. The summed E-state index contributed by atoms with van der Waals surface area (Å²) < 4.78 is 1.78. The second kappa shape index (κ2) is 3.85. The smallest absolute Gasteiger partial charge is 0.147 e. The van der Waals surface area contributed by atoms with Gasteiger partial charge in [0, 0.05) is 13.6 Å². The molecule has 0 aliphatic carbocycles. The molecule has 1 rings (SSSR count). The summed E-state index contributed by atoms with van der Waals surface area (Å²) in [5.74, 6) is 1.71. The Bertz CT molecular complexity index is 278. The minimum absolute atomic E-state index is 0.145. The van der Waals surface area contributed by atoms with Crippen molar-refractivity contribution in [3.8, 4) is 0 Å². The fourth-order valence-corrected chi connectivity index (χ4v) is 1.37. The van der Waals surface area contributed by atoms with Crippen molar-refractivity contribution in [1.29, 1.82) is 0 Å². The number of hydrogen-bond donors (Lipinski definition) is 1. The van der Waals surface area contributed by atoms with E-state index in [1.807, 2.05) is 33.0 Å². The van der Waals surface area contributed by atoms with Crippen LogP contribution in [0, 0.1) is 6.92 Å². The third-order valence-electron chi connectivity index (χ3n) is 2.05. The quantitative estimate of drug-likeness (QED) is 0.698. The van der Waals surface area contributed by atoms with E-state index in [4.69, 9.17) is 5.73 Å². The molecule has 1 heterocycles. The molecule has 0 aromatic carbocycles. The van der Waals surface area contributed by atoms with Gasteiger partial charge >= 0.3 is 0 Å². The molecule has 0 fully saturated rings. The summed E-state index contributed by atoms with van der Waals surface area (Å²) in [6.45, 7) is 2.44. The van der Waals surface area contributed by atoms with Crippen LogP contribution < -0.4 is 5.73 Å². The van der Waals surface area contributed by atoms with Crippen LogP contribution in [-0.2, 0) is 7.05 Å². The van der Waals surface area contributed by atoms with Gasteiger partial charge in [-0.05, 0) is 21.0 Å². The van der Waals surface area contributed by atoms with Gasteiger partial charge in [0.15, 0.2) is 0 Å². The molecule has 2 N–H and O–H groups in total. The van der Waals surface area contributed by atoms with E-state index < -0.39 is 0 Å². The van der Waals surface area contributed by atoms with E-state index in [0.717, 1.165) is 11.6 Å². The zero-order valence-corrected chi connectivity index (χ0v) is 8.65. The lowest BCUT2D eigenvalue weighted by Crippen LogP contribution is -2.29. The average molecular weight is 183 g/mol. The van der Waals surface area contributed by atoms with Crippen molar-refractivity contribution in [2.24, 2.45) is 12.8 Å². The summed E-state index contributed by atoms with van der Waals surface area (Å²) in [5, 5.41) is 4.19. The van der Waals surface area contributed by atoms with Gasteiger partial charge in [0.1, 0.15) is 11.6 Å². The zero-order valence-electron chi connectivity index (χ0n) is 8.65. The molecule has 0 bridgehead atoms. The molecule has 0 amide bonds. The maximum atomic E-state index is 5.66. The molecule has 5 heteroatoms. The first-order valence-corrected chi connectivity index (χ1v) is 4.30. The van der Waals surface area contributed by atoms with Crippen molar-refractivity contribution < 1.29 is 0 Å². The molecule has 1 atom stereocenters. The first-order chi connectivity index (χ1) is 6.06. The Balaban J connectivity index is 2.97. The van der Waals surface area contributed by atoms with E-state index in [-0.39, 0.29) is 6.04 Å². The number of aryl methyl sites for hydroxylation is 2. The van der Waals surface area contributed by atoms with Crippen molar-refractivity contribution in [3.05, 3.63) is 11.6 Å². The number of rotatable bonds is 3. The van der Waals surface area contributed by atoms with Crippen LogP contribution in [0.5, 0.6) is 0 Å². The number of aromatic nitrogens is 3. The maximum absolute atomic E-state index is 5.66. The lowest BCUT2D eigenvalue weighted by molar-refractivity contribution is 0.286. The summed E-state index contributed by atoms with van der Waals surface area (Å²) >= 11 is 0. The lowest BCUT2D eigenvalue weighted by Gasteiger charge is -2.21. The summed E-state index contributed by atoms with van der Waals surface area (Å²) in [4.78, 5) is 6.38. The van der Waals surface area contributed by atoms with Crippen LogP contribution in [0.4, 0.5) is 0 Å². The second-order valence-electron chi connectivity index (χ2n) is 3.36. The fourth-order valence-electron chi connectivity index (χ4n) is 1.37. The zero-order chi connectivity index (χ0) is 10.0. The predicted octanol–water partition coefficient (Wildman–Crippen LogP) is -0.315.